The van der Waals surface area contributed by atoms with E-state index in [1.807, 2.05) is 37.3 Å². The number of rotatable bonds is 5. The molecule has 0 unspecified atom stereocenters. The molecule has 0 aliphatic rings. The van der Waals surface area contributed by atoms with Crippen molar-refractivity contribution in [2.24, 2.45) is 0 Å². The summed E-state index contributed by atoms with van der Waals surface area (Å²) in [6.45, 7) is 2.40. The van der Waals surface area contributed by atoms with E-state index in [9.17, 15) is 8.78 Å². The Labute approximate surface area is 132 Å². The summed E-state index contributed by atoms with van der Waals surface area (Å²) >= 11 is 0. The summed E-state index contributed by atoms with van der Waals surface area (Å²) in [7, 11) is 0. The van der Waals surface area contributed by atoms with Gasteiger partial charge in [0.05, 0.1) is 6.54 Å². The molecule has 0 saturated heterocycles. The normalized spacial score (nSPS) is 11.0. The number of hydrogen-bond acceptors (Lipinski definition) is 3. The van der Waals surface area contributed by atoms with Gasteiger partial charge < -0.3 is 9.84 Å². The SMILES string of the molecule is Cc1ccc(-c2cc(CNc3cccc(C(F)F)c3)on2)cc1. The minimum Gasteiger partial charge on any atom is -0.378 e. The Hall–Kier alpha value is -2.69. The number of alkyl halides is 2. The van der Waals surface area contributed by atoms with E-state index >= 15 is 0 Å². The van der Waals surface area contributed by atoms with Gasteiger partial charge >= 0.3 is 0 Å². The molecule has 3 rings (SSSR count). The molecule has 0 aliphatic heterocycles. The molecule has 0 radical (unpaired) electrons. The summed E-state index contributed by atoms with van der Waals surface area (Å²) in [5, 5.41) is 7.10. The van der Waals surface area contributed by atoms with Crippen LogP contribution in [0.4, 0.5) is 14.5 Å². The summed E-state index contributed by atoms with van der Waals surface area (Å²) in [5.41, 5.74) is 3.52. The van der Waals surface area contributed by atoms with Crippen molar-refractivity contribution in [1.82, 2.24) is 5.16 Å². The fourth-order valence-corrected chi connectivity index (χ4v) is 2.23. The Morgan fingerprint density at radius 3 is 2.61 bits per heavy atom. The van der Waals surface area contributed by atoms with Crippen molar-refractivity contribution in [2.45, 2.75) is 19.9 Å². The van der Waals surface area contributed by atoms with E-state index in [1.54, 1.807) is 12.1 Å². The molecule has 2 aromatic carbocycles. The van der Waals surface area contributed by atoms with E-state index in [0.29, 0.717) is 18.0 Å². The van der Waals surface area contributed by atoms with Gasteiger partial charge in [-0.15, -0.1) is 0 Å². The van der Waals surface area contributed by atoms with Crippen molar-refractivity contribution in [3.63, 3.8) is 0 Å². The van der Waals surface area contributed by atoms with Gasteiger partial charge in [-0.1, -0.05) is 47.1 Å². The molecule has 0 bridgehead atoms. The molecule has 0 spiro atoms. The quantitative estimate of drug-likeness (QED) is 0.703. The summed E-state index contributed by atoms with van der Waals surface area (Å²) < 4.78 is 30.6. The van der Waals surface area contributed by atoms with E-state index < -0.39 is 6.43 Å². The first kappa shape index (κ1) is 15.2. The maximum Gasteiger partial charge on any atom is 0.263 e. The van der Waals surface area contributed by atoms with Crippen LogP contribution in [0.25, 0.3) is 11.3 Å². The predicted molar refractivity (Wildman–Crippen MR) is 85.4 cm³/mol. The van der Waals surface area contributed by atoms with Crippen LogP contribution in [0.2, 0.25) is 0 Å². The topological polar surface area (TPSA) is 38.1 Å². The van der Waals surface area contributed by atoms with Gasteiger partial charge in [-0.25, -0.2) is 8.78 Å². The van der Waals surface area contributed by atoms with Crippen molar-refractivity contribution in [3.05, 3.63) is 71.5 Å². The summed E-state index contributed by atoms with van der Waals surface area (Å²) in [6, 6.07) is 16.0. The average molecular weight is 314 g/mol. The number of benzene rings is 2. The van der Waals surface area contributed by atoms with Crippen molar-refractivity contribution >= 4 is 5.69 Å². The fourth-order valence-electron chi connectivity index (χ4n) is 2.23. The molecule has 3 aromatic rings. The van der Waals surface area contributed by atoms with Crippen molar-refractivity contribution < 1.29 is 13.3 Å². The molecule has 118 valence electrons. The number of aromatic nitrogens is 1. The van der Waals surface area contributed by atoms with Gasteiger partial charge in [-0.2, -0.15) is 0 Å². The van der Waals surface area contributed by atoms with Crippen LogP contribution in [0.5, 0.6) is 0 Å². The Kier molecular flexibility index (Phi) is 4.37. The lowest BCUT2D eigenvalue weighted by atomic mass is 10.1. The summed E-state index contributed by atoms with van der Waals surface area (Å²) in [4.78, 5) is 0. The van der Waals surface area contributed by atoms with Crippen LogP contribution in [0.15, 0.2) is 59.1 Å². The van der Waals surface area contributed by atoms with Gasteiger partial charge in [0.1, 0.15) is 5.69 Å². The van der Waals surface area contributed by atoms with E-state index in [0.717, 1.165) is 11.3 Å². The Morgan fingerprint density at radius 2 is 1.87 bits per heavy atom. The van der Waals surface area contributed by atoms with Gasteiger partial charge in [0.2, 0.25) is 0 Å². The Balaban J connectivity index is 1.67. The van der Waals surface area contributed by atoms with Crippen molar-refractivity contribution in [3.8, 4) is 11.3 Å². The first-order chi connectivity index (χ1) is 11.1. The van der Waals surface area contributed by atoms with E-state index in [2.05, 4.69) is 10.5 Å². The second kappa shape index (κ2) is 6.60. The standard InChI is InChI=1S/C18H16F2N2O/c1-12-5-7-13(8-6-12)17-10-16(23-22-17)11-21-15-4-2-3-14(9-15)18(19)20/h2-10,18,21H,11H2,1H3. The molecule has 0 saturated carbocycles. The van der Waals surface area contributed by atoms with Crippen LogP contribution in [0.1, 0.15) is 23.3 Å². The molecule has 0 aliphatic carbocycles. The molecule has 1 aromatic heterocycles. The van der Waals surface area contributed by atoms with E-state index in [1.165, 1.54) is 17.7 Å². The minimum atomic E-state index is -2.48. The highest BCUT2D eigenvalue weighted by Gasteiger charge is 2.09. The molecule has 1 N–H and O–H groups in total. The van der Waals surface area contributed by atoms with E-state index in [-0.39, 0.29) is 5.56 Å². The molecular weight excluding hydrogens is 298 g/mol. The highest BCUT2D eigenvalue weighted by molar-refractivity contribution is 5.59. The molecule has 5 heteroatoms. The van der Waals surface area contributed by atoms with Crippen LogP contribution in [0, 0.1) is 6.92 Å². The van der Waals surface area contributed by atoms with Gasteiger partial charge in [0.15, 0.2) is 5.76 Å². The van der Waals surface area contributed by atoms with Gasteiger partial charge in [0, 0.05) is 22.9 Å². The maximum atomic E-state index is 12.7. The number of hydrogen-bond donors (Lipinski definition) is 1. The zero-order chi connectivity index (χ0) is 16.2. The fraction of sp³-hybridized carbons (Fsp3) is 0.167. The molecule has 0 amide bonds. The van der Waals surface area contributed by atoms with Gasteiger partial charge in [-0.05, 0) is 19.1 Å². The second-order valence-electron chi connectivity index (χ2n) is 5.32. The van der Waals surface area contributed by atoms with Crippen molar-refractivity contribution in [1.29, 1.82) is 0 Å². The lowest BCUT2D eigenvalue weighted by Crippen LogP contribution is -1.98. The second-order valence-corrected chi connectivity index (χ2v) is 5.32. The van der Waals surface area contributed by atoms with Crippen LogP contribution >= 0.6 is 0 Å². The third kappa shape index (κ3) is 3.74. The number of aryl methyl sites for hydroxylation is 1. The smallest absolute Gasteiger partial charge is 0.263 e. The zero-order valence-electron chi connectivity index (χ0n) is 12.6. The Bertz CT molecular complexity index is 782. The van der Waals surface area contributed by atoms with E-state index in [4.69, 9.17) is 4.52 Å². The molecular formula is C18H16F2N2O. The molecule has 0 atom stereocenters. The van der Waals surface area contributed by atoms with Gasteiger partial charge in [-0.3, -0.25) is 0 Å². The molecule has 1 heterocycles. The predicted octanol–water partition coefficient (Wildman–Crippen LogP) is 5.20. The molecule has 3 nitrogen and oxygen atoms in total. The highest BCUT2D eigenvalue weighted by Crippen LogP contribution is 2.23. The number of anilines is 1. The Morgan fingerprint density at radius 1 is 1.09 bits per heavy atom. The number of halogens is 2. The van der Waals surface area contributed by atoms with Crippen LogP contribution in [-0.2, 0) is 6.54 Å². The van der Waals surface area contributed by atoms with Crippen LogP contribution in [0.3, 0.4) is 0 Å². The number of nitrogens with one attached hydrogen (secondary N) is 1. The number of nitrogens with zero attached hydrogens (tertiary/aromatic N) is 1. The average Bonchev–Trinajstić information content (AvgIpc) is 3.03. The summed E-state index contributed by atoms with van der Waals surface area (Å²) in [5.74, 6) is 0.642. The first-order valence-corrected chi connectivity index (χ1v) is 7.26. The van der Waals surface area contributed by atoms with Crippen molar-refractivity contribution in [2.75, 3.05) is 5.32 Å². The van der Waals surface area contributed by atoms with Gasteiger partial charge in [0.25, 0.3) is 6.43 Å². The zero-order valence-corrected chi connectivity index (χ0v) is 12.6. The minimum absolute atomic E-state index is 0.00656. The van der Waals surface area contributed by atoms with Crippen LogP contribution in [-0.4, -0.2) is 5.16 Å². The largest absolute Gasteiger partial charge is 0.378 e. The lowest BCUT2D eigenvalue weighted by molar-refractivity contribution is 0.151. The third-order valence-electron chi connectivity index (χ3n) is 3.51. The monoisotopic (exact) mass is 314 g/mol. The first-order valence-electron chi connectivity index (χ1n) is 7.26. The molecule has 23 heavy (non-hydrogen) atoms. The summed E-state index contributed by atoms with van der Waals surface area (Å²) in [6.07, 6.45) is -2.48. The maximum absolute atomic E-state index is 12.7. The molecule has 0 fully saturated rings. The highest BCUT2D eigenvalue weighted by atomic mass is 19.3. The lowest BCUT2D eigenvalue weighted by Gasteiger charge is -2.06. The third-order valence-corrected chi connectivity index (χ3v) is 3.51. The van der Waals surface area contributed by atoms with Crippen LogP contribution < -0.4 is 5.32 Å².